The minimum atomic E-state index is -0.233. The van der Waals surface area contributed by atoms with Gasteiger partial charge in [0, 0.05) is 0 Å². The molecule has 3 unspecified atom stereocenters. The molecule has 3 fully saturated rings. The topological polar surface area (TPSA) is 20.2 Å². The molecule has 0 aliphatic heterocycles. The highest BCUT2D eigenvalue weighted by Crippen LogP contribution is 2.72. The maximum atomic E-state index is 10.3. The van der Waals surface area contributed by atoms with E-state index in [4.69, 9.17) is 0 Å². The predicted molar refractivity (Wildman–Crippen MR) is 66.0 cm³/mol. The van der Waals surface area contributed by atoms with Crippen LogP contribution in [-0.2, 0) is 0 Å². The Bertz CT molecular complexity index is 343. The van der Waals surface area contributed by atoms with Gasteiger partial charge in [-0.1, -0.05) is 27.4 Å². The van der Waals surface area contributed by atoms with Crippen molar-refractivity contribution in [2.24, 2.45) is 28.6 Å². The summed E-state index contributed by atoms with van der Waals surface area (Å²) in [5.74, 6) is 2.17. The first-order chi connectivity index (χ1) is 7.39. The van der Waals surface area contributed by atoms with Crippen LogP contribution < -0.4 is 0 Å². The van der Waals surface area contributed by atoms with Crippen LogP contribution in [-0.4, -0.2) is 11.2 Å². The molecule has 0 aromatic rings. The van der Waals surface area contributed by atoms with Crippen LogP contribution in [0.1, 0.15) is 46.5 Å². The van der Waals surface area contributed by atoms with E-state index < -0.39 is 0 Å². The van der Waals surface area contributed by atoms with E-state index in [9.17, 15) is 5.11 Å². The number of aliphatic hydroxyl groups excluding tert-OH is 1. The fourth-order valence-corrected chi connectivity index (χ4v) is 5.44. The largest absolute Gasteiger partial charge is 0.389 e. The first kappa shape index (κ1) is 10.8. The van der Waals surface area contributed by atoms with Crippen molar-refractivity contribution in [3.05, 3.63) is 12.2 Å². The average Bonchev–Trinajstić information content (AvgIpc) is 2.59. The van der Waals surface area contributed by atoms with Crippen LogP contribution in [0.4, 0.5) is 0 Å². The summed E-state index contributed by atoms with van der Waals surface area (Å²) < 4.78 is 0. The Balaban J connectivity index is 2.10. The lowest BCUT2D eigenvalue weighted by molar-refractivity contribution is 0.0530. The van der Waals surface area contributed by atoms with Crippen LogP contribution in [0, 0.1) is 28.6 Å². The van der Waals surface area contributed by atoms with Gasteiger partial charge in [-0.2, -0.15) is 0 Å². The van der Waals surface area contributed by atoms with Crippen LogP contribution in [0.15, 0.2) is 12.2 Å². The van der Waals surface area contributed by atoms with E-state index in [2.05, 4.69) is 27.4 Å². The summed E-state index contributed by atoms with van der Waals surface area (Å²) in [6, 6.07) is 0. The van der Waals surface area contributed by atoms with Gasteiger partial charge < -0.3 is 5.11 Å². The Morgan fingerprint density at radius 1 is 1.25 bits per heavy atom. The summed E-state index contributed by atoms with van der Waals surface area (Å²) in [7, 11) is 0. The third-order valence-corrected chi connectivity index (χ3v) is 6.39. The van der Waals surface area contributed by atoms with Gasteiger partial charge in [0.25, 0.3) is 0 Å². The zero-order chi connectivity index (χ0) is 11.7. The highest BCUT2D eigenvalue weighted by atomic mass is 16.3. The fraction of sp³-hybridized carbons (Fsp3) is 0.867. The van der Waals surface area contributed by atoms with Gasteiger partial charge in [-0.25, -0.2) is 0 Å². The van der Waals surface area contributed by atoms with E-state index in [1.807, 2.05) is 0 Å². The van der Waals surface area contributed by atoms with Crippen LogP contribution in [0.5, 0.6) is 0 Å². The van der Waals surface area contributed by atoms with Crippen molar-refractivity contribution in [2.45, 2.75) is 52.6 Å². The van der Waals surface area contributed by atoms with Gasteiger partial charge in [-0.15, -0.1) is 0 Å². The third-order valence-electron chi connectivity index (χ3n) is 6.39. The van der Waals surface area contributed by atoms with E-state index in [1.165, 1.54) is 19.3 Å². The van der Waals surface area contributed by atoms with Crippen molar-refractivity contribution in [1.29, 1.82) is 0 Å². The van der Waals surface area contributed by atoms with E-state index in [-0.39, 0.29) is 6.10 Å². The molecule has 0 saturated heterocycles. The van der Waals surface area contributed by atoms with Gasteiger partial charge in [-0.05, 0) is 59.8 Å². The fourth-order valence-electron chi connectivity index (χ4n) is 5.44. The van der Waals surface area contributed by atoms with Gasteiger partial charge in [0.2, 0.25) is 0 Å². The Hall–Kier alpha value is -0.300. The minimum Gasteiger partial charge on any atom is -0.389 e. The molecule has 0 amide bonds. The molecule has 1 spiro atoms. The molecule has 3 saturated carbocycles. The second-order valence-electron chi connectivity index (χ2n) is 7.14. The smallest absolute Gasteiger partial charge is 0.0755 e. The molecule has 3 rings (SSSR count). The van der Waals surface area contributed by atoms with Gasteiger partial charge in [0.05, 0.1) is 6.10 Å². The lowest BCUT2D eigenvalue weighted by atomic mass is 9.66. The lowest BCUT2D eigenvalue weighted by Crippen LogP contribution is -2.36. The highest BCUT2D eigenvalue weighted by molar-refractivity contribution is 5.26. The van der Waals surface area contributed by atoms with Crippen LogP contribution in [0.25, 0.3) is 0 Å². The Morgan fingerprint density at radius 2 is 1.94 bits per heavy atom. The Labute approximate surface area is 98.9 Å². The predicted octanol–water partition coefficient (Wildman–Crippen LogP) is 3.39. The molecule has 0 heterocycles. The third kappa shape index (κ3) is 1.01. The zero-order valence-electron chi connectivity index (χ0n) is 10.8. The normalized spacial score (nSPS) is 54.1. The molecule has 3 aliphatic carbocycles. The van der Waals surface area contributed by atoms with E-state index >= 15 is 0 Å². The summed E-state index contributed by atoms with van der Waals surface area (Å²) >= 11 is 0. The maximum absolute atomic E-state index is 10.3. The number of rotatable bonds is 0. The molecule has 90 valence electrons. The molecule has 1 nitrogen and oxygen atoms in total. The Morgan fingerprint density at radius 3 is 2.62 bits per heavy atom. The molecule has 1 heteroatoms. The van der Waals surface area contributed by atoms with E-state index in [0.717, 1.165) is 23.8 Å². The van der Waals surface area contributed by atoms with Gasteiger partial charge in [0.15, 0.2) is 0 Å². The van der Waals surface area contributed by atoms with Crippen molar-refractivity contribution in [2.75, 3.05) is 0 Å². The molecule has 0 radical (unpaired) electrons. The lowest BCUT2D eigenvalue weighted by Gasteiger charge is -2.40. The second-order valence-corrected chi connectivity index (χ2v) is 7.14. The summed E-state index contributed by atoms with van der Waals surface area (Å²) in [5, 5.41) is 10.3. The monoisotopic (exact) mass is 220 g/mol. The maximum Gasteiger partial charge on any atom is 0.0755 e. The molecule has 0 aromatic carbocycles. The van der Waals surface area contributed by atoms with E-state index in [1.54, 1.807) is 0 Å². The van der Waals surface area contributed by atoms with Gasteiger partial charge in [0.1, 0.15) is 0 Å². The number of hydrogen-bond acceptors (Lipinski definition) is 1. The summed E-state index contributed by atoms with van der Waals surface area (Å²) in [6.07, 6.45) is 4.77. The number of aliphatic hydroxyl groups is 1. The molecule has 3 aliphatic rings. The SMILES string of the molecule is C=C1C(O)C[C@@]23C[C@@H]1C(C)(C)C2CCC3C. The quantitative estimate of drug-likeness (QED) is 0.620. The molecule has 5 atom stereocenters. The minimum absolute atomic E-state index is 0.233. The van der Waals surface area contributed by atoms with Crippen molar-refractivity contribution in [1.82, 2.24) is 0 Å². The van der Waals surface area contributed by atoms with Gasteiger partial charge in [-0.3, -0.25) is 0 Å². The molecule has 0 aromatic heterocycles. The van der Waals surface area contributed by atoms with Crippen molar-refractivity contribution in [3.63, 3.8) is 0 Å². The molecular formula is C15H24O. The zero-order valence-corrected chi connectivity index (χ0v) is 10.8. The van der Waals surface area contributed by atoms with Crippen LogP contribution in [0.2, 0.25) is 0 Å². The van der Waals surface area contributed by atoms with Crippen molar-refractivity contribution >= 4 is 0 Å². The standard InChI is InChI=1S/C15H24O/c1-9-5-6-13-14(3,4)11-7-15(9,13)8-12(16)10(11)2/h9,11-13,16H,2,5-8H2,1,3-4H3/t9?,11-,12?,13?,15+/m0/s1. The highest BCUT2D eigenvalue weighted by Gasteiger charge is 2.65. The first-order valence-corrected chi connectivity index (χ1v) is 6.76. The number of hydrogen-bond donors (Lipinski definition) is 1. The molecule has 1 N–H and O–H groups in total. The average molecular weight is 220 g/mol. The second kappa shape index (κ2) is 2.93. The first-order valence-electron chi connectivity index (χ1n) is 6.76. The van der Waals surface area contributed by atoms with Crippen molar-refractivity contribution < 1.29 is 5.11 Å². The van der Waals surface area contributed by atoms with Crippen molar-refractivity contribution in [3.8, 4) is 0 Å². The van der Waals surface area contributed by atoms with Gasteiger partial charge >= 0.3 is 0 Å². The Kier molecular flexibility index (Phi) is 1.98. The summed E-state index contributed by atoms with van der Waals surface area (Å²) in [6.45, 7) is 11.4. The van der Waals surface area contributed by atoms with Crippen LogP contribution >= 0.6 is 0 Å². The van der Waals surface area contributed by atoms with E-state index in [0.29, 0.717) is 16.7 Å². The molecule has 2 bridgehead atoms. The summed E-state index contributed by atoms with van der Waals surface area (Å²) in [4.78, 5) is 0. The molecule has 16 heavy (non-hydrogen) atoms. The summed E-state index contributed by atoms with van der Waals surface area (Å²) in [5.41, 5.74) is 1.92. The molecular weight excluding hydrogens is 196 g/mol. The van der Waals surface area contributed by atoms with Crippen LogP contribution in [0.3, 0.4) is 0 Å². The number of fused-ring (bicyclic) bond motifs is 1.